The van der Waals surface area contributed by atoms with Crippen molar-refractivity contribution in [1.82, 2.24) is 5.32 Å². The van der Waals surface area contributed by atoms with E-state index in [1.807, 2.05) is 36.6 Å². The van der Waals surface area contributed by atoms with Crippen LogP contribution in [0.5, 0.6) is 0 Å². The Morgan fingerprint density at radius 3 is 2.85 bits per heavy atom. The molecule has 2 aromatic rings. The number of amides is 1. The quantitative estimate of drug-likeness (QED) is 0.874. The minimum Gasteiger partial charge on any atom is -0.321 e. The van der Waals surface area contributed by atoms with E-state index in [2.05, 4.69) is 17.6 Å². The maximum atomic E-state index is 12.2. The van der Waals surface area contributed by atoms with Crippen LogP contribution in [-0.4, -0.2) is 12.5 Å². The highest BCUT2D eigenvalue weighted by Gasteiger charge is 2.14. The normalized spacial score (nSPS) is 10.6. The van der Waals surface area contributed by atoms with Crippen molar-refractivity contribution in [3.05, 3.63) is 50.7 Å². The Hall–Kier alpha value is -1.36. The van der Waals surface area contributed by atoms with Gasteiger partial charge in [0.15, 0.2) is 0 Å². The van der Waals surface area contributed by atoms with E-state index < -0.39 is 0 Å². The van der Waals surface area contributed by atoms with Crippen LogP contribution in [0.3, 0.4) is 0 Å². The van der Waals surface area contributed by atoms with E-state index in [9.17, 15) is 4.79 Å². The molecule has 20 heavy (non-hydrogen) atoms. The van der Waals surface area contributed by atoms with Crippen molar-refractivity contribution < 1.29 is 4.79 Å². The van der Waals surface area contributed by atoms with Crippen LogP contribution in [0.25, 0.3) is 0 Å². The van der Waals surface area contributed by atoms with Crippen molar-refractivity contribution in [1.29, 1.82) is 0 Å². The molecule has 1 heterocycles. The molecule has 0 bridgehead atoms. The molecule has 3 nitrogen and oxygen atoms in total. The van der Waals surface area contributed by atoms with E-state index in [1.165, 1.54) is 11.3 Å². The first-order chi connectivity index (χ1) is 9.61. The molecule has 0 aliphatic heterocycles. The molecule has 2 N–H and O–H groups in total. The first-order valence-electron chi connectivity index (χ1n) is 6.46. The number of carbonyl (C=O) groups excluding carboxylic acids is 1. The van der Waals surface area contributed by atoms with Gasteiger partial charge in [0.2, 0.25) is 0 Å². The highest BCUT2D eigenvalue weighted by atomic mass is 35.5. The van der Waals surface area contributed by atoms with Gasteiger partial charge in [0.25, 0.3) is 5.91 Å². The second kappa shape index (κ2) is 6.88. The minimum absolute atomic E-state index is 0.159. The fraction of sp³-hybridized carbons (Fsp3) is 0.267. The molecule has 0 atom stereocenters. The van der Waals surface area contributed by atoms with Crippen molar-refractivity contribution in [3.63, 3.8) is 0 Å². The average Bonchev–Trinajstić information content (AvgIpc) is 2.77. The van der Waals surface area contributed by atoms with E-state index in [1.54, 1.807) is 0 Å². The van der Waals surface area contributed by atoms with Crippen LogP contribution in [0, 0.1) is 6.92 Å². The Balaban J connectivity index is 2.09. The van der Waals surface area contributed by atoms with Gasteiger partial charge < -0.3 is 10.6 Å². The van der Waals surface area contributed by atoms with Gasteiger partial charge in [0.05, 0.1) is 5.02 Å². The van der Waals surface area contributed by atoms with Gasteiger partial charge in [-0.1, -0.05) is 30.7 Å². The zero-order valence-corrected chi connectivity index (χ0v) is 13.1. The number of carbonyl (C=O) groups is 1. The van der Waals surface area contributed by atoms with Crippen LogP contribution in [0.15, 0.2) is 29.6 Å². The smallest absolute Gasteiger partial charge is 0.267 e. The Morgan fingerprint density at radius 2 is 2.20 bits per heavy atom. The molecule has 0 saturated carbocycles. The van der Waals surface area contributed by atoms with Gasteiger partial charge in [-0.15, -0.1) is 11.3 Å². The lowest BCUT2D eigenvalue weighted by molar-refractivity contribution is 0.103. The maximum Gasteiger partial charge on any atom is 0.267 e. The zero-order valence-electron chi connectivity index (χ0n) is 11.5. The number of hydrogen-bond donors (Lipinski definition) is 2. The lowest BCUT2D eigenvalue weighted by Crippen LogP contribution is -2.13. The van der Waals surface area contributed by atoms with Crippen LogP contribution in [0.1, 0.15) is 27.7 Å². The first kappa shape index (κ1) is 15.0. The third-order valence-corrected chi connectivity index (χ3v) is 4.57. The minimum atomic E-state index is -0.159. The van der Waals surface area contributed by atoms with Gasteiger partial charge >= 0.3 is 0 Å². The number of anilines is 1. The second-order valence-electron chi connectivity index (χ2n) is 4.50. The predicted octanol–water partition coefficient (Wildman–Crippen LogP) is 4.07. The summed E-state index contributed by atoms with van der Waals surface area (Å²) in [5, 5.41) is 8.57. The van der Waals surface area contributed by atoms with Gasteiger partial charge in [0, 0.05) is 12.2 Å². The number of benzene rings is 1. The molecular formula is C15H17ClN2OS. The third kappa shape index (κ3) is 3.60. The van der Waals surface area contributed by atoms with E-state index >= 15 is 0 Å². The molecule has 2 rings (SSSR count). The molecule has 0 aliphatic carbocycles. The number of thiophene rings is 1. The highest BCUT2D eigenvalue weighted by Crippen LogP contribution is 2.27. The Labute approximate surface area is 128 Å². The molecule has 0 unspecified atom stereocenters. The fourth-order valence-electron chi connectivity index (χ4n) is 1.80. The van der Waals surface area contributed by atoms with Gasteiger partial charge in [-0.25, -0.2) is 0 Å². The standard InChI is InChI=1S/C15H17ClN2OS/c1-3-17-8-11-5-4-6-12(7-11)18-15(19)14-13(16)10(2)9-20-14/h4-7,9,17H,3,8H2,1-2H3,(H,18,19). The number of aryl methyl sites for hydroxylation is 1. The van der Waals surface area contributed by atoms with Crippen molar-refractivity contribution in [3.8, 4) is 0 Å². The predicted molar refractivity (Wildman–Crippen MR) is 85.8 cm³/mol. The van der Waals surface area contributed by atoms with Crippen molar-refractivity contribution in [2.75, 3.05) is 11.9 Å². The highest BCUT2D eigenvalue weighted by molar-refractivity contribution is 7.13. The third-order valence-electron chi connectivity index (χ3n) is 2.87. The zero-order chi connectivity index (χ0) is 14.5. The molecule has 0 fully saturated rings. The summed E-state index contributed by atoms with van der Waals surface area (Å²) in [6, 6.07) is 7.81. The van der Waals surface area contributed by atoms with Gasteiger partial charge in [-0.05, 0) is 42.1 Å². The number of rotatable bonds is 5. The lowest BCUT2D eigenvalue weighted by Gasteiger charge is -2.07. The van der Waals surface area contributed by atoms with E-state index in [-0.39, 0.29) is 5.91 Å². The summed E-state index contributed by atoms with van der Waals surface area (Å²) in [7, 11) is 0. The topological polar surface area (TPSA) is 41.1 Å². The molecule has 106 valence electrons. The van der Waals surface area contributed by atoms with Crippen molar-refractivity contribution >= 4 is 34.5 Å². The number of hydrogen-bond acceptors (Lipinski definition) is 3. The second-order valence-corrected chi connectivity index (χ2v) is 5.75. The molecule has 1 aromatic heterocycles. The van der Waals surface area contributed by atoms with E-state index in [0.29, 0.717) is 9.90 Å². The van der Waals surface area contributed by atoms with Crippen LogP contribution in [0.2, 0.25) is 5.02 Å². The van der Waals surface area contributed by atoms with Crippen molar-refractivity contribution in [2.45, 2.75) is 20.4 Å². The summed E-state index contributed by atoms with van der Waals surface area (Å²) in [6.45, 7) is 5.67. The summed E-state index contributed by atoms with van der Waals surface area (Å²) in [4.78, 5) is 12.7. The first-order valence-corrected chi connectivity index (χ1v) is 7.72. The van der Waals surface area contributed by atoms with Gasteiger partial charge in [0.1, 0.15) is 4.88 Å². The van der Waals surface area contributed by atoms with Gasteiger partial charge in [-0.2, -0.15) is 0 Å². The van der Waals surface area contributed by atoms with E-state index in [4.69, 9.17) is 11.6 Å². The van der Waals surface area contributed by atoms with Crippen LogP contribution in [0.4, 0.5) is 5.69 Å². The number of halogens is 1. The summed E-state index contributed by atoms with van der Waals surface area (Å²) in [5.74, 6) is -0.159. The summed E-state index contributed by atoms with van der Waals surface area (Å²) in [6.07, 6.45) is 0. The molecule has 0 saturated heterocycles. The molecular weight excluding hydrogens is 292 g/mol. The monoisotopic (exact) mass is 308 g/mol. The molecule has 0 radical (unpaired) electrons. The Bertz CT molecular complexity index is 610. The maximum absolute atomic E-state index is 12.2. The van der Waals surface area contributed by atoms with Gasteiger partial charge in [-0.3, -0.25) is 4.79 Å². The Morgan fingerprint density at radius 1 is 1.40 bits per heavy atom. The largest absolute Gasteiger partial charge is 0.321 e. The summed E-state index contributed by atoms with van der Waals surface area (Å²) < 4.78 is 0. The lowest BCUT2D eigenvalue weighted by atomic mass is 10.2. The Kier molecular flexibility index (Phi) is 5.17. The average molecular weight is 309 g/mol. The fourth-order valence-corrected chi connectivity index (χ4v) is 2.97. The molecule has 5 heteroatoms. The number of nitrogens with one attached hydrogen (secondary N) is 2. The summed E-state index contributed by atoms with van der Waals surface area (Å²) in [5.41, 5.74) is 2.85. The van der Waals surface area contributed by atoms with Crippen LogP contribution >= 0.6 is 22.9 Å². The summed E-state index contributed by atoms with van der Waals surface area (Å²) >= 11 is 7.47. The van der Waals surface area contributed by atoms with Crippen LogP contribution < -0.4 is 10.6 Å². The van der Waals surface area contributed by atoms with Crippen molar-refractivity contribution in [2.24, 2.45) is 0 Å². The van der Waals surface area contributed by atoms with E-state index in [0.717, 1.165) is 29.9 Å². The molecule has 0 spiro atoms. The molecule has 0 aliphatic rings. The molecule has 1 amide bonds. The molecule has 1 aromatic carbocycles. The van der Waals surface area contributed by atoms with Crippen LogP contribution in [-0.2, 0) is 6.54 Å². The SMILES string of the molecule is CCNCc1cccc(NC(=O)c2scc(C)c2Cl)c1.